The molecule has 0 aliphatic carbocycles. The number of nitrogens with zero attached hydrogens (tertiary/aromatic N) is 1. The fourth-order valence-corrected chi connectivity index (χ4v) is 3.24. The summed E-state index contributed by atoms with van der Waals surface area (Å²) >= 11 is 0. The Morgan fingerprint density at radius 3 is 2.25 bits per heavy atom. The fourth-order valence-electron chi connectivity index (χ4n) is 3.24. The first-order valence-electron chi connectivity index (χ1n) is 7.78. The average Bonchev–Trinajstić information content (AvgIpc) is 3.13. The minimum absolute atomic E-state index is 0.0956. The lowest BCUT2D eigenvalue weighted by Gasteiger charge is -2.17. The summed E-state index contributed by atoms with van der Waals surface area (Å²) in [5, 5.41) is 5.76. The third-order valence-corrected chi connectivity index (χ3v) is 4.62. The number of alkyl halides is 3. The standard InChI is InChI=1S/C16H18F3N3O2/c17-16(18,19)13-3-1-10(2-4-13)15(24)21-7-14(23)22-8-11-5-20-6-12(11)9-22/h1-4,11-12,20H,5-9H2,(H,21,24)/t11-,12+. The van der Waals surface area contributed by atoms with Crippen LogP contribution >= 0.6 is 0 Å². The lowest BCUT2D eigenvalue weighted by Crippen LogP contribution is -2.40. The molecule has 2 heterocycles. The van der Waals surface area contributed by atoms with Gasteiger partial charge < -0.3 is 15.5 Å². The number of hydrogen-bond donors (Lipinski definition) is 2. The van der Waals surface area contributed by atoms with E-state index < -0.39 is 17.6 Å². The summed E-state index contributed by atoms with van der Waals surface area (Å²) in [5.74, 6) is 0.224. The van der Waals surface area contributed by atoms with Gasteiger partial charge in [-0.25, -0.2) is 0 Å². The highest BCUT2D eigenvalue weighted by atomic mass is 19.4. The van der Waals surface area contributed by atoms with Crippen LogP contribution < -0.4 is 10.6 Å². The molecular weight excluding hydrogens is 323 g/mol. The topological polar surface area (TPSA) is 61.4 Å². The number of nitrogens with one attached hydrogen (secondary N) is 2. The van der Waals surface area contributed by atoms with Crippen LogP contribution in [0.3, 0.4) is 0 Å². The minimum atomic E-state index is -4.44. The van der Waals surface area contributed by atoms with Crippen molar-refractivity contribution in [3.8, 4) is 0 Å². The monoisotopic (exact) mass is 341 g/mol. The van der Waals surface area contributed by atoms with Gasteiger partial charge in [0, 0.05) is 31.7 Å². The largest absolute Gasteiger partial charge is 0.416 e. The van der Waals surface area contributed by atoms with E-state index in [0.717, 1.165) is 37.4 Å². The van der Waals surface area contributed by atoms with Crippen molar-refractivity contribution in [2.24, 2.45) is 11.8 Å². The summed E-state index contributed by atoms with van der Waals surface area (Å²) in [5.41, 5.74) is -0.717. The Hall–Kier alpha value is -2.09. The average molecular weight is 341 g/mol. The predicted octanol–water partition coefficient (Wildman–Crippen LogP) is 1.11. The van der Waals surface area contributed by atoms with E-state index in [0.29, 0.717) is 24.9 Å². The molecule has 0 aromatic heterocycles. The molecule has 0 radical (unpaired) electrons. The minimum Gasteiger partial charge on any atom is -0.343 e. The fraction of sp³-hybridized carbons (Fsp3) is 0.500. The van der Waals surface area contributed by atoms with Crippen molar-refractivity contribution in [3.63, 3.8) is 0 Å². The summed E-state index contributed by atoms with van der Waals surface area (Å²) < 4.78 is 37.5. The number of fused-ring (bicyclic) bond motifs is 1. The van der Waals surface area contributed by atoms with Crippen LogP contribution in [0.25, 0.3) is 0 Å². The van der Waals surface area contributed by atoms with Gasteiger partial charge in [0.1, 0.15) is 0 Å². The zero-order valence-corrected chi connectivity index (χ0v) is 12.9. The van der Waals surface area contributed by atoms with Crippen LogP contribution in [0.15, 0.2) is 24.3 Å². The second-order valence-corrected chi connectivity index (χ2v) is 6.23. The first-order valence-corrected chi connectivity index (χ1v) is 7.78. The molecule has 2 N–H and O–H groups in total. The first kappa shape index (κ1) is 16.8. The molecule has 24 heavy (non-hydrogen) atoms. The van der Waals surface area contributed by atoms with E-state index in [9.17, 15) is 22.8 Å². The van der Waals surface area contributed by atoms with Crippen molar-refractivity contribution in [1.29, 1.82) is 0 Å². The SMILES string of the molecule is O=C(NCC(=O)N1C[C@H]2CNC[C@H]2C1)c1ccc(C(F)(F)F)cc1. The number of likely N-dealkylation sites (tertiary alicyclic amines) is 1. The Morgan fingerprint density at radius 1 is 1.12 bits per heavy atom. The molecule has 5 nitrogen and oxygen atoms in total. The van der Waals surface area contributed by atoms with Gasteiger partial charge in [0.25, 0.3) is 5.91 Å². The molecule has 2 fully saturated rings. The summed E-state index contributed by atoms with van der Waals surface area (Å²) in [6.45, 7) is 3.05. The zero-order chi connectivity index (χ0) is 17.3. The van der Waals surface area contributed by atoms with Crippen LogP contribution in [0.1, 0.15) is 15.9 Å². The molecule has 130 valence electrons. The van der Waals surface area contributed by atoms with Crippen LogP contribution in [0.4, 0.5) is 13.2 Å². The highest BCUT2D eigenvalue weighted by molar-refractivity contribution is 5.96. The summed E-state index contributed by atoms with van der Waals surface area (Å²) in [7, 11) is 0. The quantitative estimate of drug-likeness (QED) is 0.866. The van der Waals surface area contributed by atoms with Crippen molar-refractivity contribution < 1.29 is 22.8 Å². The number of amides is 2. The molecule has 2 aliphatic heterocycles. The van der Waals surface area contributed by atoms with Gasteiger partial charge in [0.15, 0.2) is 0 Å². The van der Waals surface area contributed by atoms with Crippen molar-refractivity contribution in [2.45, 2.75) is 6.18 Å². The molecule has 2 atom stereocenters. The second-order valence-electron chi connectivity index (χ2n) is 6.23. The Labute approximate surface area is 137 Å². The van der Waals surface area contributed by atoms with E-state index in [1.165, 1.54) is 0 Å². The lowest BCUT2D eigenvalue weighted by molar-refractivity contribution is -0.137. The van der Waals surface area contributed by atoms with Gasteiger partial charge in [-0.3, -0.25) is 9.59 Å². The van der Waals surface area contributed by atoms with Gasteiger partial charge in [0.2, 0.25) is 5.91 Å². The van der Waals surface area contributed by atoms with Crippen molar-refractivity contribution >= 4 is 11.8 Å². The molecule has 2 aliphatic rings. The van der Waals surface area contributed by atoms with Crippen LogP contribution in [-0.2, 0) is 11.0 Å². The molecule has 0 bridgehead atoms. The van der Waals surface area contributed by atoms with Crippen molar-refractivity contribution in [3.05, 3.63) is 35.4 Å². The van der Waals surface area contributed by atoms with Crippen LogP contribution in [0, 0.1) is 11.8 Å². The lowest BCUT2D eigenvalue weighted by atomic mass is 10.0. The van der Waals surface area contributed by atoms with Gasteiger partial charge >= 0.3 is 6.18 Å². The van der Waals surface area contributed by atoms with E-state index in [2.05, 4.69) is 10.6 Å². The molecule has 1 aromatic carbocycles. The Morgan fingerprint density at radius 2 is 1.71 bits per heavy atom. The van der Waals surface area contributed by atoms with Crippen molar-refractivity contribution in [1.82, 2.24) is 15.5 Å². The summed E-state index contributed by atoms with van der Waals surface area (Å²) in [4.78, 5) is 25.8. The molecule has 0 saturated carbocycles. The molecular formula is C16H18F3N3O2. The van der Waals surface area contributed by atoms with Crippen LogP contribution in [-0.4, -0.2) is 49.4 Å². The predicted molar refractivity (Wildman–Crippen MR) is 80.2 cm³/mol. The third-order valence-electron chi connectivity index (χ3n) is 4.62. The van der Waals surface area contributed by atoms with Crippen LogP contribution in [0.5, 0.6) is 0 Å². The van der Waals surface area contributed by atoms with Gasteiger partial charge in [-0.2, -0.15) is 13.2 Å². The molecule has 2 saturated heterocycles. The molecule has 1 aromatic rings. The van der Waals surface area contributed by atoms with E-state index in [1.54, 1.807) is 4.90 Å². The molecule has 3 rings (SSSR count). The first-order chi connectivity index (χ1) is 11.3. The highest BCUT2D eigenvalue weighted by Gasteiger charge is 2.37. The van der Waals surface area contributed by atoms with E-state index >= 15 is 0 Å². The number of halogens is 3. The Balaban J connectivity index is 1.51. The van der Waals surface area contributed by atoms with E-state index in [4.69, 9.17) is 0 Å². The maximum Gasteiger partial charge on any atom is 0.416 e. The maximum absolute atomic E-state index is 12.5. The summed E-state index contributed by atoms with van der Waals surface area (Å²) in [6, 6.07) is 3.92. The number of benzene rings is 1. The van der Waals surface area contributed by atoms with Crippen molar-refractivity contribution in [2.75, 3.05) is 32.7 Å². The van der Waals surface area contributed by atoms with Gasteiger partial charge in [-0.15, -0.1) is 0 Å². The van der Waals surface area contributed by atoms with Crippen LogP contribution in [0.2, 0.25) is 0 Å². The summed E-state index contributed by atoms with van der Waals surface area (Å²) in [6.07, 6.45) is -4.44. The normalized spacial score (nSPS) is 23.2. The Kier molecular flexibility index (Phi) is 4.49. The molecule has 0 spiro atoms. The molecule has 8 heteroatoms. The Bertz CT molecular complexity index is 618. The molecule has 2 amide bonds. The maximum atomic E-state index is 12.5. The smallest absolute Gasteiger partial charge is 0.343 e. The second kappa shape index (κ2) is 6.43. The van der Waals surface area contributed by atoms with Gasteiger partial charge in [-0.1, -0.05) is 0 Å². The molecule has 0 unspecified atom stereocenters. The van der Waals surface area contributed by atoms with Gasteiger partial charge in [0.05, 0.1) is 12.1 Å². The van der Waals surface area contributed by atoms with E-state index in [-0.39, 0.29) is 18.0 Å². The number of hydrogen-bond acceptors (Lipinski definition) is 3. The van der Waals surface area contributed by atoms with Gasteiger partial charge in [-0.05, 0) is 36.1 Å². The highest BCUT2D eigenvalue weighted by Crippen LogP contribution is 2.29. The van der Waals surface area contributed by atoms with E-state index in [1.807, 2.05) is 0 Å². The zero-order valence-electron chi connectivity index (χ0n) is 12.9. The number of carbonyl (C=O) groups excluding carboxylic acids is 2. The number of rotatable bonds is 3. The third kappa shape index (κ3) is 3.53. The number of carbonyl (C=O) groups is 2.